The maximum atomic E-state index is 14.0. The van der Waals surface area contributed by atoms with Crippen molar-refractivity contribution in [2.24, 2.45) is 11.3 Å². The van der Waals surface area contributed by atoms with Crippen molar-refractivity contribution >= 4 is 34.3 Å². The van der Waals surface area contributed by atoms with Gasteiger partial charge in [-0.3, -0.25) is 14.4 Å². The summed E-state index contributed by atoms with van der Waals surface area (Å²) in [6.07, 6.45) is 4.93. The molecule has 1 heterocycles. The van der Waals surface area contributed by atoms with Crippen molar-refractivity contribution in [2.45, 2.75) is 77.9 Å². The van der Waals surface area contributed by atoms with Gasteiger partial charge in [-0.25, -0.2) is 0 Å². The zero-order valence-electron chi connectivity index (χ0n) is 22.7. The molecule has 10 heteroatoms. The molecule has 1 saturated carbocycles. The summed E-state index contributed by atoms with van der Waals surface area (Å²) in [5.41, 5.74) is 0.870. The van der Waals surface area contributed by atoms with E-state index in [0.29, 0.717) is 10.7 Å². The van der Waals surface area contributed by atoms with E-state index in [1.165, 1.54) is 4.90 Å². The van der Waals surface area contributed by atoms with Crippen molar-refractivity contribution in [2.75, 3.05) is 19.4 Å². The Balaban J connectivity index is 1.86. The molecule has 1 aromatic carbocycles. The molecule has 1 aliphatic rings. The largest absolute Gasteiger partial charge is 0.343 e. The van der Waals surface area contributed by atoms with Gasteiger partial charge in [-0.1, -0.05) is 74.9 Å². The molecular formula is C27H40N6O3S. The minimum absolute atomic E-state index is 0.0377. The summed E-state index contributed by atoms with van der Waals surface area (Å²) in [7, 11) is 3.37. The molecule has 2 aromatic rings. The topological polar surface area (TPSA) is 116 Å². The molecule has 3 rings (SSSR count). The third-order valence-corrected chi connectivity index (χ3v) is 7.73. The van der Waals surface area contributed by atoms with Crippen LogP contribution in [0.3, 0.4) is 0 Å². The molecule has 0 radical (unpaired) electrons. The fourth-order valence-corrected chi connectivity index (χ4v) is 5.59. The SMILES string of the molecule is CN[C@@H](C)C(=O)N[C@H](C(=O)N(C)[C@H](C(=O)Nc1snnc1-c1ccccc1)C(C)(C)C)C1CCCCC1. The van der Waals surface area contributed by atoms with E-state index in [1.807, 2.05) is 51.1 Å². The predicted octanol–water partition coefficient (Wildman–Crippen LogP) is 3.69. The molecule has 0 saturated heterocycles. The highest BCUT2D eigenvalue weighted by Gasteiger charge is 2.42. The Morgan fingerprint density at radius 3 is 2.30 bits per heavy atom. The summed E-state index contributed by atoms with van der Waals surface area (Å²) in [4.78, 5) is 42.0. The molecule has 202 valence electrons. The summed E-state index contributed by atoms with van der Waals surface area (Å²) in [6, 6.07) is 7.64. The van der Waals surface area contributed by atoms with E-state index in [1.54, 1.807) is 21.0 Å². The monoisotopic (exact) mass is 528 g/mol. The van der Waals surface area contributed by atoms with Gasteiger partial charge in [0.1, 0.15) is 22.8 Å². The second-order valence-corrected chi connectivity index (χ2v) is 11.7. The zero-order valence-corrected chi connectivity index (χ0v) is 23.5. The molecule has 0 bridgehead atoms. The molecule has 3 atom stereocenters. The summed E-state index contributed by atoms with van der Waals surface area (Å²) in [5.74, 6) is -0.746. The molecule has 3 amide bonds. The van der Waals surface area contributed by atoms with Crippen LogP contribution in [0, 0.1) is 11.3 Å². The van der Waals surface area contributed by atoms with Crippen LogP contribution in [0.2, 0.25) is 0 Å². The first kappa shape index (κ1) is 28.7. The number of aromatic nitrogens is 2. The van der Waals surface area contributed by atoms with Crippen molar-refractivity contribution < 1.29 is 14.4 Å². The highest BCUT2D eigenvalue weighted by molar-refractivity contribution is 7.10. The summed E-state index contributed by atoms with van der Waals surface area (Å²) < 4.78 is 4.04. The Hall–Kier alpha value is -2.85. The Morgan fingerprint density at radius 1 is 1.05 bits per heavy atom. The number of carbonyl (C=O) groups excluding carboxylic acids is 3. The number of amides is 3. The van der Waals surface area contributed by atoms with Crippen LogP contribution in [0.5, 0.6) is 0 Å². The molecule has 37 heavy (non-hydrogen) atoms. The van der Waals surface area contributed by atoms with Crippen LogP contribution in [0.25, 0.3) is 11.3 Å². The van der Waals surface area contributed by atoms with Crippen LogP contribution in [-0.2, 0) is 14.4 Å². The number of nitrogens with one attached hydrogen (secondary N) is 3. The molecule has 1 fully saturated rings. The van der Waals surface area contributed by atoms with Crippen LogP contribution in [0.1, 0.15) is 59.8 Å². The van der Waals surface area contributed by atoms with Gasteiger partial charge in [0, 0.05) is 24.1 Å². The zero-order chi connectivity index (χ0) is 27.2. The number of carbonyl (C=O) groups is 3. The number of likely N-dealkylation sites (N-methyl/N-ethyl adjacent to an activating group) is 2. The quantitative estimate of drug-likeness (QED) is 0.457. The first-order valence-corrected chi connectivity index (χ1v) is 13.7. The third kappa shape index (κ3) is 7.13. The van der Waals surface area contributed by atoms with Gasteiger partial charge in [0.15, 0.2) is 0 Å². The van der Waals surface area contributed by atoms with E-state index in [2.05, 4.69) is 25.5 Å². The minimum Gasteiger partial charge on any atom is -0.343 e. The number of hydrogen-bond acceptors (Lipinski definition) is 7. The lowest BCUT2D eigenvalue weighted by atomic mass is 9.81. The van der Waals surface area contributed by atoms with Crippen LogP contribution in [0.4, 0.5) is 5.00 Å². The Morgan fingerprint density at radius 2 is 1.70 bits per heavy atom. The minimum atomic E-state index is -0.782. The van der Waals surface area contributed by atoms with Crippen molar-refractivity contribution in [3.8, 4) is 11.3 Å². The van der Waals surface area contributed by atoms with Crippen molar-refractivity contribution in [3.63, 3.8) is 0 Å². The van der Waals surface area contributed by atoms with E-state index in [0.717, 1.165) is 49.2 Å². The third-order valence-electron chi connectivity index (χ3n) is 7.09. The van der Waals surface area contributed by atoms with Crippen molar-refractivity contribution in [3.05, 3.63) is 30.3 Å². The summed E-state index contributed by atoms with van der Waals surface area (Å²) >= 11 is 1.10. The molecule has 1 aromatic heterocycles. The Kier molecular flexibility index (Phi) is 9.78. The summed E-state index contributed by atoms with van der Waals surface area (Å²) in [6.45, 7) is 7.56. The molecule has 0 unspecified atom stereocenters. The maximum Gasteiger partial charge on any atom is 0.248 e. The number of nitrogens with zero attached hydrogens (tertiary/aromatic N) is 3. The smallest absolute Gasteiger partial charge is 0.248 e. The van der Waals surface area contributed by atoms with E-state index >= 15 is 0 Å². The highest BCUT2D eigenvalue weighted by atomic mass is 32.1. The first-order chi connectivity index (χ1) is 17.5. The number of hydrogen-bond donors (Lipinski definition) is 3. The van der Waals surface area contributed by atoms with Gasteiger partial charge in [0.25, 0.3) is 0 Å². The van der Waals surface area contributed by atoms with Crippen molar-refractivity contribution in [1.82, 2.24) is 25.1 Å². The summed E-state index contributed by atoms with van der Waals surface area (Å²) in [5, 5.41) is 13.7. The van der Waals surface area contributed by atoms with Crippen molar-refractivity contribution in [1.29, 1.82) is 0 Å². The second kappa shape index (κ2) is 12.6. The fraction of sp³-hybridized carbons (Fsp3) is 0.593. The standard InChI is InChI=1S/C27H40N6O3S/c1-17(28-5)23(34)29-21(19-15-11-8-12-16-19)26(36)33(6)22(27(2,3)4)24(35)30-25-20(31-32-37-25)18-13-9-7-10-14-18/h7,9-10,13-14,17,19,21-22,28H,8,11-12,15-16H2,1-6H3,(H,29,34)(H,30,35)/t17-,21-,22+/m0/s1. The van der Waals surface area contributed by atoms with Crippen LogP contribution in [0.15, 0.2) is 30.3 Å². The van der Waals surface area contributed by atoms with Gasteiger partial charge in [-0.2, -0.15) is 0 Å². The molecule has 1 aliphatic carbocycles. The van der Waals surface area contributed by atoms with E-state index in [-0.39, 0.29) is 23.6 Å². The molecule has 9 nitrogen and oxygen atoms in total. The second-order valence-electron chi connectivity index (χ2n) is 10.9. The lowest BCUT2D eigenvalue weighted by Crippen LogP contribution is -2.60. The lowest BCUT2D eigenvalue weighted by Gasteiger charge is -2.40. The Labute approximate surface area is 223 Å². The van der Waals surface area contributed by atoms with Gasteiger partial charge < -0.3 is 20.9 Å². The highest BCUT2D eigenvalue weighted by Crippen LogP contribution is 2.33. The maximum absolute atomic E-state index is 14.0. The lowest BCUT2D eigenvalue weighted by molar-refractivity contribution is -0.145. The number of anilines is 1. The predicted molar refractivity (Wildman–Crippen MR) is 147 cm³/mol. The van der Waals surface area contributed by atoms with Gasteiger partial charge >= 0.3 is 0 Å². The molecular weight excluding hydrogens is 488 g/mol. The van der Waals surface area contributed by atoms with Crippen LogP contribution < -0.4 is 16.0 Å². The van der Waals surface area contributed by atoms with E-state index < -0.39 is 23.5 Å². The van der Waals surface area contributed by atoms with Crippen LogP contribution >= 0.6 is 11.5 Å². The average Bonchev–Trinajstić information content (AvgIpc) is 3.34. The number of benzene rings is 1. The average molecular weight is 529 g/mol. The Bertz CT molecular complexity index is 1060. The van der Waals surface area contributed by atoms with Gasteiger partial charge in [-0.05, 0) is 38.1 Å². The van der Waals surface area contributed by atoms with Gasteiger partial charge in [0.05, 0.1) is 6.04 Å². The first-order valence-electron chi connectivity index (χ1n) is 13.0. The molecule has 0 aliphatic heterocycles. The van der Waals surface area contributed by atoms with Gasteiger partial charge in [0.2, 0.25) is 17.7 Å². The fourth-order valence-electron chi connectivity index (χ4n) is 4.99. The van der Waals surface area contributed by atoms with Crippen LogP contribution in [-0.4, -0.2) is 64.4 Å². The van der Waals surface area contributed by atoms with E-state index in [4.69, 9.17) is 0 Å². The molecule has 0 spiro atoms. The van der Waals surface area contributed by atoms with E-state index in [9.17, 15) is 14.4 Å². The van der Waals surface area contributed by atoms with Gasteiger partial charge in [-0.15, -0.1) is 5.10 Å². The normalized spacial score (nSPS) is 16.9. The number of rotatable bonds is 9. The molecule has 3 N–H and O–H groups in total.